The van der Waals surface area contributed by atoms with Crippen LogP contribution in [0.25, 0.3) is 0 Å². The number of hydrogen-bond donors (Lipinski definition) is 34. The number of nitrogens with two attached hydrogens (primary N) is 10. The summed E-state index contributed by atoms with van der Waals surface area (Å²) in [7, 11) is 0. The number of guanidine groups is 3. The lowest BCUT2D eigenvalue weighted by molar-refractivity contribution is -0.137. The Kier molecular flexibility index (Phi) is 55.5. The van der Waals surface area contributed by atoms with Crippen LogP contribution in [0.4, 0.5) is 4.39 Å². The molecule has 764 valence electrons. The van der Waals surface area contributed by atoms with Gasteiger partial charge in [0.15, 0.2) is 17.9 Å². The fraction of sp³-hybridized carbons (Fsp3) is 0.590. The molecule has 1 unspecified atom stereocenters. The summed E-state index contributed by atoms with van der Waals surface area (Å²) in [5.41, 5.74) is 55.0. The zero-order chi connectivity index (χ0) is 103. The molecule has 14 atom stereocenters. The number of carbonyl (C=O) groups is 19. The van der Waals surface area contributed by atoms with Crippen LogP contribution in [0, 0.1) is 22.0 Å². The smallest absolute Gasteiger partial charge is 0.245 e. The number of primary amides is 3. The van der Waals surface area contributed by atoms with Gasteiger partial charge in [0.1, 0.15) is 83.9 Å². The molecule has 137 heavy (non-hydrogen) atoms. The first kappa shape index (κ1) is 119. The highest BCUT2D eigenvalue weighted by Crippen LogP contribution is 2.15. The van der Waals surface area contributed by atoms with E-state index in [1.54, 1.807) is 30.3 Å². The maximum atomic E-state index is 14.6. The predicted molar refractivity (Wildman–Crippen MR) is 495 cm³/mol. The molecule has 53 nitrogen and oxygen atoms in total. The first-order chi connectivity index (χ1) is 64.6. The Balaban J connectivity index is 2.42. The summed E-state index contributed by atoms with van der Waals surface area (Å²) >= 11 is 0. The number of aliphatic hydroxyl groups excluding tert-OH is 2. The molecule has 44 N–H and O–H groups in total. The average molecular weight is 1940 g/mol. The molecular formula is C83H139FN32O21. The number of unbranched alkanes of at least 4 members (excludes halogenated alkanes) is 3. The molecule has 0 aliphatic carbocycles. The summed E-state index contributed by atoms with van der Waals surface area (Å²) in [6, 6.07) is -7.02. The van der Waals surface area contributed by atoms with E-state index in [0.717, 1.165) is 31.5 Å². The van der Waals surface area contributed by atoms with E-state index in [0.29, 0.717) is 12.0 Å². The quantitative estimate of drug-likeness (QED) is 0.0166. The molecule has 0 saturated carbocycles. The summed E-state index contributed by atoms with van der Waals surface area (Å²) in [5, 5.41) is 90.6. The molecule has 19 amide bonds. The molecule has 0 aromatic heterocycles. The van der Waals surface area contributed by atoms with Gasteiger partial charge in [0.05, 0.1) is 44.8 Å². The van der Waals surface area contributed by atoms with Crippen molar-refractivity contribution >= 4 is 130 Å². The van der Waals surface area contributed by atoms with Crippen LogP contribution < -0.4 is 158 Å². The molecule has 0 heterocycles. The van der Waals surface area contributed by atoms with Crippen LogP contribution in [0.15, 0.2) is 54.6 Å². The van der Waals surface area contributed by atoms with E-state index in [9.17, 15) is 106 Å². The van der Waals surface area contributed by atoms with Crippen molar-refractivity contribution in [1.29, 1.82) is 16.2 Å². The normalized spacial score (nSPS) is 14.1. The highest BCUT2D eigenvalue weighted by molar-refractivity contribution is 6.02. The average Bonchev–Trinajstić information content (AvgIpc) is 0.851. The molecule has 2 aromatic rings. The number of carbonyl (C=O) groups excluding carboxylic acids is 19. The van der Waals surface area contributed by atoms with E-state index in [-0.39, 0.29) is 148 Å². The minimum atomic E-state index is -1.96. The minimum Gasteiger partial charge on any atom is -0.394 e. The third-order valence-corrected chi connectivity index (χ3v) is 20.5. The lowest BCUT2D eigenvalue weighted by atomic mass is 10.0. The molecule has 0 radical (unpaired) electrons. The summed E-state index contributed by atoms with van der Waals surface area (Å²) in [4.78, 5) is 259. The van der Waals surface area contributed by atoms with Crippen LogP contribution in [-0.4, -0.2) is 296 Å². The molecule has 0 aliphatic rings. The number of hydrogen-bond acceptors (Lipinski definition) is 28. The van der Waals surface area contributed by atoms with Gasteiger partial charge in [-0.3, -0.25) is 107 Å². The number of halogens is 1. The van der Waals surface area contributed by atoms with Gasteiger partial charge < -0.3 is 169 Å². The Bertz CT molecular complexity index is 4390. The highest BCUT2D eigenvalue weighted by Gasteiger charge is 2.39. The fourth-order valence-corrected chi connectivity index (χ4v) is 13.0. The van der Waals surface area contributed by atoms with Gasteiger partial charge in [-0.05, 0) is 180 Å². The second kappa shape index (κ2) is 63.9. The van der Waals surface area contributed by atoms with E-state index in [4.69, 9.17) is 73.6 Å². The number of nitrogens with one attached hydrogen (secondary N) is 22. The monoisotopic (exact) mass is 1940 g/mol. The number of aliphatic hydroxyl groups is 2. The summed E-state index contributed by atoms with van der Waals surface area (Å²) < 4.78 is 14.0. The summed E-state index contributed by atoms with van der Waals surface area (Å²) in [6.07, 6.45) is -3.34. The van der Waals surface area contributed by atoms with Gasteiger partial charge in [-0.25, -0.2) is 4.39 Å². The van der Waals surface area contributed by atoms with Crippen molar-refractivity contribution in [3.63, 3.8) is 0 Å². The van der Waals surface area contributed by atoms with Crippen molar-refractivity contribution in [3.8, 4) is 0 Å². The molecular weight excluding hydrogens is 1800 g/mol. The van der Waals surface area contributed by atoms with Crippen molar-refractivity contribution < 1.29 is 106 Å². The van der Waals surface area contributed by atoms with Gasteiger partial charge in [0.25, 0.3) is 0 Å². The van der Waals surface area contributed by atoms with E-state index in [1.807, 2.05) is 0 Å². The Morgan fingerprint density at radius 3 is 1.16 bits per heavy atom. The van der Waals surface area contributed by atoms with Gasteiger partial charge in [0.2, 0.25) is 112 Å². The molecule has 2 aromatic carbocycles. The third-order valence-electron chi connectivity index (χ3n) is 20.5. The van der Waals surface area contributed by atoms with Crippen molar-refractivity contribution in [2.24, 2.45) is 57.3 Å². The topological polar surface area (TPSA) is 925 Å². The van der Waals surface area contributed by atoms with Gasteiger partial charge in [-0.1, -0.05) is 42.5 Å². The first-order valence-electron chi connectivity index (χ1n) is 44.5. The molecule has 54 heteroatoms. The second-order valence-corrected chi connectivity index (χ2v) is 32.7. The van der Waals surface area contributed by atoms with Crippen LogP contribution >= 0.6 is 0 Å². The zero-order valence-electron chi connectivity index (χ0n) is 77.3. The largest absolute Gasteiger partial charge is 0.394 e. The number of rotatable bonds is 68. The van der Waals surface area contributed by atoms with E-state index in [2.05, 4.69) is 101 Å². The molecule has 0 bridgehead atoms. The van der Waals surface area contributed by atoms with E-state index in [1.165, 1.54) is 26.0 Å². The van der Waals surface area contributed by atoms with Crippen LogP contribution in [0.3, 0.4) is 0 Å². The minimum absolute atomic E-state index is 0.00325. The van der Waals surface area contributed by atoms with Crippen LogP contribution in [0.1, 0.15) is 154 Å². The Morgan fingerprint density at radius 2 is 0.745 bits per heavy atom. The third kappa shape index (κ3) is 49.1. The number of amides is 19. The van der Waals surface area contributed by atoms with Crippen molar-refractivity contribution in [1.82, 2.24) is 101 Å². The zero-order valence-corrected chi connectivity index (χ0v) is 77.3. The van der Waals surface area contributed by atoms with Crippen LogP contribution in [0.2, 0.25) is 0 Å². The van der Waals surface area contributed by atoms with Crippen LogP contribution in [0.5, 0.6) is 0 Å². The maximum Gasteiger partial charge on any atom is 0.245 e. The number of benzene rings is 2. The SMILES string of the molecule is C[C@H](NC(=O)[C@H](CO)NC(=O)[C@H](CCCCN)NC(=O)C(CCCNC(=N)N)NC(=O)C(C)(C)NC(=O)CNC(=O)[C@@H](NC(=O)[C@H](Cc1ccc(F)cc1)NC(=O)CNC(=O)CNC(=O)[C@@H](N)Cc1ccccc1)[C@@H](C)O)C(=O)N[C@@H](CCCNC(=N)N)C(=O)N[C@@H](CCCCN)C(=O)N[C@@H](CCCNC(=N)N)C(=O)N[C@@H](CCCCN)C(=O)N[C@@H](CC(N)=O)C(=O)N[C@@H](CCC(N)=O)C(N)=O. The standard InChI is InChI=1S/C83H139FN32O21/c1-44(67(125)107-54(22-14-34-98-80(92)93)70(128)108-51(19-8-11-31-85)69(127)111-55(23-15-35-99-81(94)95)71(129)109-52(20-9-12-32-86)72(130)112-58(39-61(90)120)75(133)106-50(66(91)124)29-30-60(89)119)104-77(135)59(43-117)113-73(131)53(21-10-13-33-87)110-74(132)56(24-16-36-100-82(96)97)114-79(137)83(3,4)116-64(123)42-103-78(136)65(45(2)118)115-76(134)57(38-47-25-27-48(84)28-26-47)105-63(122)41-101-62(121)40-102-68(126)49(88)37-46-17-6-5-7-18-46/h5-7,17-18,25-28,44-45,49-59,65,117-118H,8-16,19-24,29-43,85-88H2,1-4H3,(H2,89,119)(H2,90,120)(H2,91,124)(H,101,121)(H,102,126)(H,103,136)(H,104,135)(H,105,122)(H,106,133)(H,107,125)(H,108,128)(H,109,129)(H,110,132)(H,111,127)(H,112,130)(H,113,131)(H,114,137)(H,115,134)(H,116,123)(H4,92,93,98)(H4,94,95,99)(H4,96,97,100)/t44-,45+,49-,50-,51-,52-,53-,54-,55-,56?,57-,58-,59-,65-/m0/s1. The van der Waals surface area contributed by atoms with Gasteiger partial charge in [-0.15, -0.1) is 0 Å². The highest BCUT2D eigenvalue weighted by atomic mass is 19.1. The molecule has 2 rings (SSSR count). The summed E-state index contributed by atoms with van der Waals surface area (Å²) in [5.74, 6) is -21.4. The predicted octanol–water partition coefficient (Wildman–Crippen LogP) is -12.8. The van der Waals surface area contributed by atoms with Gasteiger partial charge in [-0.2, -0.15) is 0 Å². The summed E-state index contributed by atoms with van der Waals surface area (Å²) in [6.45, 7) is 1.51. The van der Waals surface area contributed by atoms with Crippen LogP contribution in [-0.2, 0) is 104 Å². The molecule has 0 spiro atoms. The van der Waals surface area contributed by atoms with Crippen molar-refractivity contribution in [2.75, 3.05) is 65.5 Å². The molecule has 0 aliphatic heterocycles. The van der Waals surface area contributed by atoms with E-state index < -0.39 is 265 Å². The van der Waals surface area contributed by atoms with Crippen molar-refractivity contribution in [2.45, 2.75) is 246 Å². The maximum absolute atomic E-state index is 14.6. The van der Waals surface area contributed by atoms with Gasteiger partial charge >= 0.3 is 0 Å². The fourth-order valence-electron chi connectivity index (χ4n) is 13.0. The first-order valence-corrected chi connectivity index (χ1v) is 44.5. The lowest BCUT2D eigenvalue weighted by Gasteiger charge is -2.29. The molecule has 0 fully saturated rings. The Morgan fingerprint density at radius 1 is 0.372 bits per heavy atom. The van der Waals surface area contributed by atoms with Crippen molar-refractivity contribution in [3.05, 3.63) is 71.5 Å². The van der Waals surface area contributed by atoms with E-state index >= 15 is 0 Å². The van der Waals surface area contributed by atoms with Gasteiger partial charge in [0, 0.05) is 32.5 Å². The second-order valence-electron chi connectivity index (χ2n) is 32.7. The Hall–Kier alpha value is -14.1. The lowest BCUT2D eigenvalue weighted by Crippen LogP contribution is -2.62. The Labute approximate surface area is 790 Å². The molecule has 0 saturated heterocycles.